The number of methoxy groups -OCH3 is 2. The lowest BCUT2D eigenvalue weighted by Crippen LogP contribution is -2.51. The largest absolute Gasteiger partial charge is 0.383 e. The standard InChI is InChI=1S/C11H24N2O2/c1-14-7-5-13(6-8-15-2)11-4-3-10(11)9-12/h10-11H,3-9,12H2,1-2H3. The van der Waals surface area contributed by atoms with Crippen molar-refractivity contribution in [3.8, 4) is 0 Å². The molecule has 0 saturated heterocycles. The van der Waals surface area contributed by atoms with E-state index in [2.05, 4.69) is 4.90 Å². The van der Waals surface area contributed by atoms with Gasteiger partial charge in [-0.3, -0.25) is 4.90 Å². The highest BCUT2D eigenvalue weighted by Crippen LogP contribution is 2.30. The predicted molar refractivity (Wildman–Crippen MR) is 60.9 cm³/mol. The Kier molecular flexibility index (Phi) is 6.17. The Balaban J connectivity index is 2.33. The van der Waals surface area contributed by atoms with Gasteiger partial charge in [-0.05, 0) is 25.3 Å². The second kappa shape index (κ2) is 7.17. The van der Waals surface area contributed by atoms with Gasteiger partial charge in [-0.25, -0.2) is 0 Å². The van der Waals surface area contributed by atoms with Crippen LogP contribution in [0.2, 0.25) is 0 Å². The molecule has 0 aromatic rings. The van der Waals surface area contributed by atoms with Crippen LogP contribution in [0.1, 0.15) is 12.8 Å². The van der Waals surface area contributed by atoms with Crippen LogP contribution in [0.15, 0.2) is 0 Å². The van der Waals surface area contributed by atoms with Gasteiger partial charge in [0.05, 0.1) is 13.2 Å². The first-order valence-electron chi connectivity index (χ1n) is 5.75. The molecule has 0 radical (unpaired) electrons. The van der Waals surface area contributed by atoms with Crippen LogP contribution in [0.4, 0.5) is 0 Å². The smallest absolute Gasteiger partial charge is 0.0589 e. The summed E-state index contributed by atoms with van der Waals surface area (Å²) in [5.41, 5.74) is 5.73. The topological polar surface area (TPSA) is 47.7 Å². The Morgan fingerprint density at radius 2 is 1.73 bits per heavy atom. The molecule has 1 saturated carbocycles. The number of hydrogen-bond acceptors (Lipinski definition) is 4. The quantitative estimate of drug-likeness (QED) is 0.635. The summed E-state index contributed by atoms with van der Waals surface area (Å²) in [4.78, 5) is 2.45. The Morgan fingerprint density at radius 1 is 1.13 bits per heavy atom. The second-order valence-corrected chi connectivity index (χ2v) is 4.16. The van der Waals surface area contributed by atoms with Gasteiger partial charge in [-0.15, -0.1) is 0 Å². The molecule has 0 aliphatic heterocycles. The van der Waals surface area contributed by atoms with Crippen molar-refractivity contribution in [1.82, 2.24) is 4.90 Å². The maximum atomic E-state index is 5.73. The molecule has 1 aliphatic carbocycles. The van der Waals surface area contributed by atoms with E-state index in [0.29, 0.717) is 12.0 Å². The number of rotatable bonds is 8. The monoisotopic (exact) mass is 216 g/mol. The minimum atomic E-state index is 0.653. The van der Waals surface area contributed by atoms with Crippen molar-refractivity contribution >= 4 is 0 Å². The third kappa shape index (κ3) is 3.72. The van der Waals surface area contributed by atoms with Crippen LogP contribution in [-0.2, 0) is 9.47 Å². The van der Waals surface area contributed by atoms with Crippen LogP contribution in [-0.4, -0.2) is 58.0 Å². The molecule has 1 fully saturated rings. The first kappa shape index (κ1) is 12.9. The van der Waals surface area contributed by atoms with Gasteiger partial charge in [0.15, 0.2) is 0 Å². The summed E-state index contributed by atoms with van der Waals surface area (Å²) in [6.45, 7) is 4.36. The molecule has 1 aliphatic rings. The van der Waals surface area contributed by atoms with E-state index in [1.165, 1.54) is 12.8 Å². The van der Waals surface area contributed by atoms with Crippen LogP contribution in [0.5, 0.6) is 0 Å². The molecular formula is C11H24N2O2. The summed E-state index contributed by atoms with van der Waals surface area (Å²) in [7, 11) is 3.49. The summed E-state index contributed by atoms with van der Waals surface area (Å²) in [5.74, 6) is 0.679. The minimum Gasteiger partial charge on any atom is -0.383 e. The fraction of sp³-hybridized carbons (Fsp3) is 1.00. The normalized spacial score (nSPS) is 25.6. The molecule has 2 atom stereocenters. The Morgan fingerprint density at radius 3 is 2.07 bits per heavy atom. The fourth-order valence-electron chi connectivity index (χ4n) is 2.17. The Labute approximate surface area is 92.7 Å². The molecule has 0 aromatic carbocycles. The van der Waals surface area contributed by atoms with Crippen LogP contribution in [0.3, 0.4) is 0 Å². The molecule has 1 rings (SSSR count). The van der Waals surface area contributed by atoms with E-state index < -0.39 is 0 Å². The lowest BCUT2D eigenvalue weighted by atomic mass is 9.78. The zero-order valence-electron chi connectivity index (χ0n) is 9.95. The van der Waals surface area contributed by atoms with Crippen LogP contribution < -0.4 is 5.73 Å². The molecule has 2 unspecified atom stereocenters. The molecule has 0 heterocycles. The van der Waals surface area contributed by atoms with Crippen LogP contribution >= 0.6 is 0 Å². The van der Waals surface area contributed by atoms with Crippen LogP contribution in [0, 0.1) is 5.92 Å². The van der Waals surface area contributed by atoms with Crippen molar-refractivity contribution in [3.63, 3.8) is 0 Å². The van der Waals surface area contributed by atoms with Crippen molar-refractivity contribution < 1.29 is 9.47 Å². The highest BCUT2D eigenvalue weighted by atomic mass is 16.5. The highest BCUT2D eigenvalue weighted by molar-refractivity contribution is 4.89. The van der Waals surface area contributed by atoms with Gasteiger partial charge in [-0.1, -0.05) is 0 Å². The van der Waals surface area contributed by atoms with Crippen molar-refractivity contribution in [1.29, 1.82) is 0 Å². The molecule has 4 heteroatoms. The Bertz CT molecular complexity index is 157. The van der Waals surface area contributed by atoms with E-state index in [0.717, 1.165) is 32.8 Å². The average molecular weight is 216 g/mol. The van der Waals surface area contributed by atoms with E-state index in [9.17, 15) is 0 Å². The maximum absolute atomic E-state index is 5.73. The minimum absolute atomic E-state index is 0.653. The maximum Gasteiger partial charge on any atom is 0.0589 e. The number of nitrogens with two attached hydrogens (primary N) is 1. The van der Waals surface area contributed by atoms with Crippen molar-refractivity contribution in [2.75, 3.05) is 47.1 Å². The summed E-state index contributed by atoms with van der Waals surface area (Å²) >= 11 is 0. The van der Waals surface area contributed by atoms with E-state index in [1.54, 1.807) is 14.2 Å². The molecule has 0 amide bonds. The van der Waals surface area contributed by atoms with Gasteiger partial charge in [0, 0.05) is 33.4 Å². The average Bonchev–Trinajstić information content (AvgIpc) is 2.21. The number of nitrogens with zero attached hydrogens (tertiary/aromatic N) is 1. The summed E-state index contributed by atoms with van der Waals surface area (Å²) in [6.07, 6.45) is 2.55. The van der Waals surface area contributed by atoms with Crippen molar-refractivity contribution in [3.05, 3.63) is 0 Å². The second-order valence-electron chi connectivity index (χ2n) is 4.16. The van der Waals surface area contributed by atoms with Gasteiger partial charge in [-0.2, -0.15) is 0 Å². The third-order valence-corrected chi connectivity index (χ3v) is 3.31. The van der Waals surface area contributed by atoms with Gasteiger partial charge in [0.25, 0.3) is 0 Å². The summed E-state index contributed by atoms with van der Waals surface area (Å²) in [6, 6.07) is 0.653. The molecule has 4 nitrogen and oxygen atoms in total. The van der Waals surface area contributed by atoms with Crippen molar-refractivity contribution in [2.45, 2.75) is 18.9 Å². The van der Waals surface area contributed by atoms with E-state index in [4.69, 9.17) is 15.2 Å². The number of ether oxygens (including phenoxy) is 2. The molecule has 2 N–H and O–H groups in total. The zero-order valence-corrected chi connectivity index (χ0v) is 9.95. The van der Waals surface area contributed by atoms with Crippen LogP contribution in [0.25, 0.3) is 0 Å². The highest BCUT2D eigenvalue weighted by Gasteiger charge is 2.33. The molecular weight excluding hydrogens is 192 g/mol. The van der Waals surface area contributed by atoms with Gasteiger partial charge in [0.1, 0.15) is 0 Å². The van der Waals surface area contributed by atoms with Gasteiger partial charge >= 0.3 is 0 Å². The number of hydrogen-bond donors (Lipinski definition) is 1. The van der Waals surface area contributed by atoms with E-state index in [1.807, 2.05) is 0 Å². The lowest BCUT2D eigenvalue weighted by molar-refractivity contribution is 0.0257. The van der Waals surface area contributed by atoms with E-state index in [-0.39, 0.29) is 0 Å². The first-order chi connectivity index (χ1) is 7.33. The van der Waals surface area contributed by atoms with E-state index >= 15 is 0 Å². The first-order valence-corrected chi connectivity index (χ1v) is 5.75. The molecule has 90 valence electrons. The predicted octanol–water partition coefficient (Wildman–Crippen LogP) is 0.319. The third-order valence-electron chi connectivity index (χ3n) is 3.31. The van der Waals surface area contributed by atoms with Crippen molar-refractivity contribution in [2.24, 2.45) is 11.7 Å². The SMILES string of the molecule is COCCN(CCOC)C1CCC1CN. The zero-order chi connectivity index (χ0) is 11.1. The summed E-state index contributed by atoms with van der Waals surface area (Å²) < 4.78 is 10.3. The molecule has 0 aromatic heterocycles. The molecule has 0 bridgehead atoms. The molecule has 15 heavy (non-hydrogen) atoms. The van der Waals surface area contributed by atoms with Gasteiger partial charge < -0.3 is 15.2 Å². The Hall–Kier alpha value is -0.160. The lowest BCUT2D eigenvalue weighted by Gasteiger charge is -2.44. The summed E-state index contributed by atoms with van der Waals surface area (Å²) in [5, 5.41) is 0. The van der Waals surface area contributed by atoms with Gasteiger partial charge in [0.2, 0.25) is 0 Å². The fourth-order valence-corrected chi connectivity index (χ4v) is 2.17. The molecule has 0 spiro atoms.